The van der Waals surface area contributed by atoms with Gasteiger partial charge in [0.2, 0.25) is 11.8 Å². The Morgan fingerprint density at radius 2 is 1.77 bits per heavy atom. The number of carbonyl (C=O) groups excluding carboxylic acids is 3. The van der Waals surface area contributed by atoms with Gasteiger partial charge in [-0.15, -0.1) is 0 Å². The van der Waals surface area contributed by atoms with Gasteiger partial charge in [-0.05, 0) is 25.3 Å². The highest BCUT2D eigenvalue weighted by Crippen LogP contribution is 2.10. The van der Waals surface area contributed by atoms with Crippen molar-refractivity contribution in [2.45, 2.75) is 46.1 Å². The Hall–Kier alpha value is -1.47. The SMILES string of the molecule is CCC(=O)C(CCN)NC(=O)CNC(=O)C(CN)CC(C)C. The summed E-state index contributed by atoms with van der Waals surface area (Å²) in [5, 5.41) is 5.18. The van der Waals surface area contributed by atoms with E-state index in [1.165, 1.54) is 0 Å². The van der Waals surface area contributed by atoms with E-state index in [0.29, 0.717) is 31.7 Å². The van der Waals surface area contributed by atoms with Crippen molar-refractivity contribution in [3.8, 4) is 0 Å². The van der Waals surface area contributed by atoms with Crippen LogP contribution in [0.25, 0.3) is 0 Å². The van der Waals surface area contributed by atoms with Gasteiger partial charge in [0.05, 0.1) is 18.5 Å². The monoisotopic (exact) mass is 314 g/mol. The van der Waals surface area contributed by atoms with Gasteiger partial charge in [-0.2, -0.15) is 0 Å². The van der Waals surface area contributed by atoms with Crippen molar-refractivity contribution in [3.63, 3.8) is 0 Å². The first-order chi connectivity index (χ1) is 10.3. The minimum absolute atomic E-state index is 0.0650. The summed E-state index contributed by atoms with van der Waals surface area (Å²) in [5.74, 6) is -0.642. The minimum Gasteiger partial charge on any atom is -0.347 e. The summed E-state index contributed by atoms with van der Waals surface area (Å²) in [5.41, 5.74) is 11.0. The third kappa shape index (κ3) is 8.09. The minimum atomic E-state index is -0.583. The van der Waals surface area contributed by atoms with Crippen LogP contribution in [0.2, 0.25) is 0 Å². The first-order valence-electron chi connectivity index (χ1n) is 7.85. The van der Waals surface area contributed by atoms with E-state index in [9.17, 15) is 14.4 Å². The lowest BCUT2D eigenvalue weighted by Gasteiger charge is -2.18. The van der Waals surface area contributed by atoms with Crippen LogP contribution in [0.1, 0.15) is 40.0 Å². The Balaban J connectivity index is 4.35. The molecular weight excluding hydrogens is 284 g/mol. The Morgan fingerprint density at radius 1 is 1.14 bits per heavy atom. The normalized spacial score (nSPS) is 13.5. The van der Waals surface area contributed by atoms with E-state index < -0.39 is 11.9 Å². The first-order valence-corrected chi connectivity index (χ1v) is 7.85. The Morgan fingerprint density at radius 3 is 2.23 bits per heavy atom. The van der Waals surface area contributed by atoms with E-state index in [1.807, 2.05) is 13.8 Å². The number of hydrogen-bond donors (Lipinski definition) is 4. The standard InChI is InChI=1S/C15H30N4O3/c1-4-13(20)12(5-6-16)19-14(21)9-18-15(22)11(8-17)7-10(2)3/h10-12H,4-9,16-17H2,1-3H3,(H,18,22)(H,19,21). The molecule has 2 unspecified atom stereocenters. The molecule has 0 saturated heterocycles. The summed E-state index contributed by atoms with van der Waals surface area (Å²) in [6.45, 7) is 6.15. The molecule has 0 aliphatic rings. The average molecular weight is 314 g/mol. The second-order valence-electron chi connectivity index (χ2n) is 5.80. The van der Waals surface area contributed by atoms with Gasteiger partial charge >= 0.3 is 0 Å². The van der Waals surface area contributed by atoms with Gasteiger partial charge in [-0.1, -0.05) is 20.8 Å². The van der Waals surface area contributed by atoms with Crippen LogP contribution in [0.5, 0.6) is 0 Å². The Kier molecular flexibility index (Phi) is 10.4. The topological polar surface area (TPSA) is 127 Å². The van der Waals surface area contributed by atoms with Crippen LogP contribution in [-0.2, 0) is 14.4 Å². The molecule has 128 valence electrons. The smallest absolute Gasteiger partial charge is 0.239 e. The van der Waals surface area contributed by atoms with E-state index in [4.69, 9.17) is 11.5 Å². The van der Waals surface area contributed by atoms with Crippen LogP contribution < -0.4 is 22.1 Å². The molecule has 0 aromatic carbocycles. The molecule has 0 aromatic heterocycles. The van der Waals surface area contributed by atoms with Crippen molar-refractivity contribution in [1.29, 1.82) is 0 Å². The van der Waals surface area contributed by atoms with Gasteiger partial charge in [-0.3, -0.25) is 14.4 Å². The molecule has 0 aliphatic carbocycles. The summed E-state index contributed by atoms with van der Waals surface area (Å²) in [7, 11) is 0. The summed E-state index contributed by atoms with van der Waals surface area (Å²) in [6.07, 6.45) is 1.40. The average Bonchev–Trinajstić information content (AvgIpc) is 2.48. The van der Waals surface area contributed by atoms with Crippen LogP contribution in [0.3, 0.4) is 0 Å². The second-order valence-corrected chi connectivity index (χ2v) is 5.80. The molecule has 2 amide bonds. The van der Waals surface area contributed by atoms with Crippen LogP contribution >= 0.6 is 0 Å². The number of nitrogens with one attached hydrogen (secondary N) is 2. The second kappa shape index (κ2) is 11.1. The quantitative estimate of drug-likeness (QED) is 0.410. The third-order valence-electron chi connectivity index (χ3n) is 3.36. The fourth-order valence-corrected chi connectivity index (χ4v) is 2.16. The van der Waals surface area contributed by atoms with Crippen LogP contribution in [0, 0.1) is 11.8 Å². The molecule has 6 N–H and O–H groups in total. The van der Waals surface area contributed by atoms with Crippen LogP contribution in [0.4, 0.5) is 0 Å². The zero-order chi connectivity index (χ0) is 17.1. The van der Waals surface area contributed by atoms with E-state index >= 15 is 0 Å². The summed E-state index contributed by atoms with van der Waals surface area (Å²) < 4.78 is 0. The molecule has 0 bridgehead atoms. The van der Waals surface area contributed by atoms with Gasteiger partial charge in [0, 0.05) is 13.0 Å². The summed E-state index contributed by atoms with van der Waals surface area (Å²) in [6, 6.07) is -0.583. The predicted octanol–water partition coefficient (Wildman–Crippen LogP) is -0.464. The molecule has 0 rings (SSSR count). The number of nitrogens with two attached hydrogens (primary N) is 2. The summed E-state index contributed by atoms with van der Waals surface area (Å²) in [4.78, 5) is 35.5. The molecule has 0 spiro atoms. The Bertz CT molecular complexity index is 372. The van der Waals surface area contributed by atoms with Gasteiger partial charge in [0.25, 0.3) is 0 Å². The van der Waals surface area contributed by atoms with Gasteiger partial charge in [-0.25, -0.2) is 0 Å². The molecular formula is C15H30N4O3. The number of ketones is 1. The number of rotatable bonds is 11. The number of amides is 2. The third-order valence-corrected chi connectivity index (χ3v) is 3.36. The Labute approximate surface area is 132 Å². The van der Waals surface area contributed by atoms with Crippen molar-refractivity contribution in [2.24, 2.45) is 23.3 Å². The fourth-order valence-electron chi connectivity index (χ4n) is 2.16. The maximum absolute atomic E-state index is 12.0. The molecule has 0 aliphatic heterocycles. The largest absolute Gasteiger partial charge is 0.347 e. The summed E-state index contributed by atoms with van der Waals surface area (Å²) >= 11 is 0. The van der Waals surface area contributed by atoms with Crippen LogP contribution in [-0.4, -0.2) is 43.3 Å². The molecule has 0 aromatic rings. The molecule has 7 heteroatoms. The van der Waals surface area contributed by atoms with Crippen molar-refractivity contribution < 1.29 is 14.4 Å². The van der Waals surface area contributed by atoms with E-state index in [0.717, 1.165) is 0 Å². The molecule has 0 saturated carbocycles. The molecule has 22 heavy (non-hydrogen) atoms. The first kappa shape index (κ1) is 20.5. The van der Waals surface area contributed by atoms with Crippen LogP contribution in [0.15, 0.2) is 0 Å². The lowest BCUT2D eigenvalue weighted by molar-refractivity contribution is -0.130. The van der Waals surface area contributed by atoms with E-state index in [-0.39, 0.29) is 30.7 Å². The van der Waals surface area contributed by atoms with Gasteiger partial charge in [0.15, 0.2) is 5.78 Å². The molecule has 7 nitrogen and oxygen atoms in total. The van der Waals surface area contributed by atoms with Crippen molar-refractivity contribution in [1.82, 2.24) is 10.6 Å². The maximum Gasteiger partial charge on any atom is 0.239 e. The zero-order valence-corrected chi connectivity index (χ0v) is 13.9. The van der Waals surface area contributed by atoms with E-state index in [1.54, 1.807) is 6.92 Å². The predicted molar refractivity (Wildman–Crippen MR) is 85.9 cm³/mol. The molecule has 0 fully saturated rings. The fraction of sp³-hybridized carbons (Fsp3) is 0.800. The lowest BCUT2D eigenvalue weighted by atomic mass is 9.96. The number of Topliss-reactive ketones (excluding diaryl/α,β-unsaturated/α-hetero) is 1. The van der Waals surface area contributed by atoms with Gasteiger partial charge < -0.3 is 22.1 Å². The highest BCUT2D eigenvalue weighted by Gasteiger charge is 2.21. The van der Waals surface area contributed by atoms with E-state index in [2.05, 4.69) is 10.6 Å². The van der Waals surface area contributed by atoms with Crippen molar-refractivity contribution in [3.05, 3.63) is 0 Å². The highest BCUT2D eigenvalue weighted by atomic mass is 16.2. The zero-order valence-electron chi connectivity index (χ0n) is 13.9. The van der Waals surface area contributed by atoms with Gasteiger partial charge in [0.1, 0.15) is 0 Å². The highest BCUT2D eigenvalue weighted by molar-refractivity contribution is 5.91. The molecule has 2 atom stereocenters. The molecule has 0 radical (unpaired) electrons. The molecule has 0 heterocycles. The number of hydrogen-bond acceptors (Lipinski definition) is 5. The lowest BCUT2D eigenvalue weighted by Crippen LogP contribution is -2.47. The maximum atomic E-state index is 12.0. The van der Waals surface area contributed by atoms with Crippen molar-refractivity contribution >= 4 is 17.6 Å². The number of carbonyl (C=O) groups is 3. The van der Waals surface area contributed by atoms with Crippen molar-refractivity contribution in [2.75, 3.05) is 19.6 Å².